The zero-order valence-corrected chi connectivity index (χ0v) is 11.1. The van der Waals surface area contributed by atoms with E-state index in [1.165, 1.54) is 0 Å². The van der Waals surface area contributed by atoms with Crippen LogP contribution < -0.4 is 5.73 Å². The van der Waals surface area contributed by atoms with Gasteiger partial charge in [0, 0.05) is 27.9 Å². The summed E-state index contributed by atoms with van der Waals surface area (Å²) in [5, 5.41) is 0.963. The number of carbonyl (C=O) groups is 1. The molecule has 0 aliphatic rings. The summed E-state index contributed by atoms with van der Waals surface area (Å²) in [4.78, 5) is 17.1. The Balaban J connectivity index is 2.14. The second kappa shape index (κ2) is 4.78. The summed E-state index contributed by atoms with van der Waals surface area (Å²) >= 11 is 0. The zero-order chi connectivity index (χ0) is 14.1. The van der Waals surface area contributed by atoms with E-state index in [4.69, 9.17) is 5.73 Å². The minimum Gasteiger partial charge on any atom is -0.399 e. The van der Waals surface area contributed by atoms with Gasteiger partial charge in [-0.3, -0.25) is 9.78 Å². The molecular formula is C17H14N2O. The number of nitrogens with zero attached hydrogens (tertiary/aromatic N) is 1. The van der Waals surface area contributed by atoms with Gasteiger partial charge < -0.3 is 5.73 Å². The Kier molecular flexibility index (Phi) is 2.95. The van der Waals surface area contributed by atoms with E-state index >= 15 is 0 Å². The first-order valence-corrected chi connectivity index (χ1v) is 6.42. The van der Waals surface area contributed by atoms with Gasteiger partial charge in [0.25, 0.3) is 0 Å². The maximum Gasteiger partial charge on any atom is 0.194 e. The number of aromatic nitrogens is 1. The van der Waals surface area contributed by atoms with E-state index in [0.29, 0.717) is 16.8 Å². The standard InChI is InChI=1S/C17H14N2O/c1-11-15(10-12-5-2-3-8-16(12)19-11)17(20)13-6-4-7-14(18)9-13/h2-10H,18H2,1H3. The highest BCUT2D eigenvalue weighted by Crippen LogP contribution is 2.20. The minimum atomic E-state index is -0.0481. The third-order valence-electron chi connectivity index (χ3n) is 3.31. The molecule has 0 radical (unpaired) electrons. The van der Waals surface area contributed by atoms with Gasteiger partial charge in [-0.2, -0.15) is 0 Å². The van der Waals surface area contributed by atoms with Crippen LogP contribution in [0.1, 0.15) is 21.6 Å². The van der Waals surface area contributed by atoms with Gasteiger partial charge in [0.1, 0.15) is 0 Å². The highest BCUT2D eigenvalue weighted by Gasteiger charge is 2.13. The number of carbonyl (C=O) groups excluding carboxylic acids is 1. The summed E-state index contributed by atoms with van der Waals surface area (Å²) in [6.45, 7) is 1.85. The number of ketones is 1. The van der Waals surface area contributed by atoms with Gasteiger partial charge in [0.05, 0.1) is 5.52 Å². The SMILES string of the molecule is Cc1nc2ccccc2cc1C(=O)c1cccc(N)c1. The number of pyridine rings is 1. The Labute approximate surface area is 117 Å². The number of aryl methyl sites for hydroxylation is 1. The predicted octanol–water partition coefficient (Wildman–Crippen LogP) is 3.36. The first-order valence-electron chi connectivity index (χ1n) is 6.42. The molecule has 0 atom stereocenters. The van der Waals surface area contributed by atoms with Crippen LogP contribution in [0.4, 0.5) is 5.69 Å². The molecule has 1 aromatic heterocycles. The van der Waals surface area contributed by atoms with Crippen LogP contribution in [0.25, 0.3) is 10.9 Å². The molecule has 0 saturated carbocycles. The second-order valence-electron chi connectivity index (χ2n) is 4.77. The number of hydrogen-bond acceptors (Lipinski definition) is 3. The highest BCUT2D eigenvalue weighted by molar-refractivity contribution is 6.11. The van der Waals surface area contributed by atoms with E-state index < -0.39 is 0 Å². The van der Waals surface area contributed by atoms with Gasteiger partial charge in [-0.25, -0.2) is 0 Å². The molecule has 2 aromatic carbocycles. The minimum absolute atomic E-state index is 0.0481. The first kappa shape index (κ1) is 12.4. The van der Waals surface area contributed by atoms with E-state index in [1.54, 1.807) is 24.3 Å². The topological polar surface area (TPSA) is 56.0 Å². The van der Waals surface area contributed by atoms with Gasteiger partial charge in [-0.05, 0) is 31.2 Å². The number of nitrogens with two attached hydrogens (primary N) is 1. The van der Waals surface area contributed by atoms with Gasteiger partial charge in [0.2, 0.25) is 0 Å². The summed E-state index contributed by atoms with van der Waals surface area (Å²) in [6.07, 6.45) is 0. The average molecular weight is 262 g/mol. The number of nitrogen functional groups attached to an aromatic ring is 1. The van der Waals surface area contributed by atoms with Crippen LogP contribution in [-0.4, -0.2) is 10.8 Å². The van der Waals surface area contributed by atoms with Crippen LogP contribution in [0.15, 0.2) is 54.6 Å². The molecule has 98 valence electrons. The quantitative estimate of drug-likeness (QED) is 0.569. The Morgan fingerprint density at radius 2 is 1.85 bits per heavy atom. The van der Waals surface area contributed by atoms with Crippen LogP contribution >= 0.6 is 0 Å². The molecule has 0 aliphatic carbocycles. The van der Waals surface area contributed by atoms with Crippen molar-refractivity contribution in [2.75, 3.05) is 5.73 Å². The van der Waals surface area contributed by atoms with Gasteiger partial charge in [-0.1, -0.05) is 30.3 Å². The van der Waals surface area contributed by atoms with Crippen molar-refractivity contribution in [1.29, 1.82) is 0 Å². The third kappa shape index (κ3) is 2.14. The van der Waals surface area contributed by atoms with Crippen LogP contribution in [-0.2, 0) is 0 Å². The number of hydrogen-bond donors (Lipinski definition) is 1. The summed E-state index contributed by atoms with van der Waals surface area (Å²) in [5.74, 6) is -0.0481. The van der Waals surface area contributed by atoms with Crippen LogP contribution in [0.3, 0.4) is 0 Å². The fraction of sp³-hybridized carbons (Fsp3) is 0.0588. The summed E-state index contributed by atoms with van der Waals surface area (Å²) < 4.78 is 0. The number of anilines is 1. The molecule has 20 heavy (non-hydrogen) atoms. The molecule has 3 aromatic rings. The monoisotopic (exact) mass is 262 g/mol. The number of rotatable bonds is 2. The van der Waals surface area contributed by atoms with Crippen LogP contribution in [0.5, 0.6) is 0 Å². The van der Waals surface area contributed by atoms with E-state index in [-0.39, 0.29) is 5.78 Å². The molecule has 0 saturated heterocycles. The molecule has 2 N–H and O–H groups in total. The zero-order valence-electron chi connectivity index (χ0n) is 11.1. The third-order valence-corrected chi connectivity index (χ3v) is 3.31. The fourth-order valence-electron chi connectivity index (χ4n) is 2.28. The molecule has 3 nitrogen and oxygen atoms in total. The van der Waals surface area contributed by atoms with Crippen molar-refractivity contribution in [2.24, 2.45) is 0 Å². The Hall–Kier alpha value is -2.68. The number of fused-ring (bicyclic) bond motifs is 1. The summed E-state index contributed by atoms with van der Waals surface area (Å²) in [7, 11) is 0. The Bertz CT molecular complexity index is 809. The maximum atomic E-state index is 12.6. The molecule has 0 spiro atoms. The van der Waals surface area contributed by atoms with Crippen LogP contribution in [0.2, 0.25) is 0 Å². The molecule has 1 heterocycles. The molecule has 3 rings (SSSR count). The smallest absolute Gasteiger partial charge is 0.194 e. The maximum absolute atomic E-state index is 12.6. The number of benzene rings is 2. The summed E-state index contributed by atoms with van der Waals surface area (Å²) in [5.41, 5.74) is 9.16. The molecule has 0 bridgehead atoms. The van der Waals surface area contributed by atoms with E-state index in [0.717, 1.165) is 16.6 Å². The molecule has 0 amide bonds. The van der Waals surface area contributed by atoms with Gasteiger partial charge in [0.15, 0.2) is 5.78 Å². The van der Waals surface area contributed by atoms with E-state index in [2.05, 4.69) is 4.98 Å². The highest BCUT2D eigenvalue weighted by atomic mass is 16.1. The van der Waals surface area contributed by atoms with Gasteiger partial charge >= 0.3 is 0 Å². The van der Waals surface area contributed by atoms with Crippen molar-refractivity contribution in [2.45, 2.75) is 6.92 Å². The normalized spacial score (nSPS) is 10.7. The lowest BCUT2D eigenvalue weighted by Gasteiger charge is -2.07. The lowest BCUT2D eigenvalue weighted by molar-refractivity contribution is 0.103. The lowest BCUT2D eigenvalue weighted by atomic mass is 10.00. The van der Waals surface area contributed by atoms with Crippen molar-refractivity contribution >= 4 is 22.4 Å². The molecule has 3 heteroatoms. The van der Waals surface area contributed by atoms with E-state index in [1.807, 2.05) is 37.3 Å². The van der Waals surface area contributed by atoms with Crippen molar-refractivity contribution < 1.29 is 4.79 Å². The molecule has 0 unspecified atom stereocenters. The summed E-state index contributed by atoms with van der Waals surface area (Å²) in [6, 6.07) is 16.7. The lowest BCUT2D eigenvalue weighted by Crippen LogP contribution is -2.06. The largest absolute Gasteiger partial charge is 0.399 e. The Morgan fingerprint density at radius 1 is 1.05 bits per heavy atom. The van der Waals surface area contributed by atoms with Crippen molar-refractivity contribution in [3.63, 3.8) is 0 Å². The van der Waals surface area contributed by atoms with Crippen molar-refractivity contribution in [3.8, 4) is 0 Å². The van der Waals surface area contributed by atoms with Crippen molar-refractivity contribution in [3.05, 3.63) is 71.4 Å². The average Bonchev–Trinajstić information content (AvgIpc) is 2.46. The van der Waals surface area contributed by atoms with Crippen LogP contribution in [0, 0.1) is 6.92 Å². The fourth-order valence-corrected chi connectivity index (χ4v) is 2.28. The van der Waals surface area contributed by atoms with Gasteiger partial charge in [-0.15, -0.1) is 0 Å². The van der Waals surface area contributed by atoms with E-state index in [9.17, 15) is 4.79 Å². The molecule has 0 fully saturated rings. The van der Waals surface area contributed by atoms with Crippen molar-refractivity contribution in [1.82, 2.24) is 4.98 Å². The Morgan fingerprint density at radius 3 is 2.65 bits per heavy atom. The number of para-hydroxylation sites is 1. The molecule has 0 aliphatic heterocycles. The second-order valence-corrected chi connectivity index (χ2v) is 4.77. The predicted molar refractivity (Wildman–Crippen MR) is 80.8 cm³/mol. The molecular weight excluding hydrogens is 248 g/mol. The first-order chi connectivity index (χ1) is 9.65.